The Bertz CT molecular complexity index is 1590. The average Bonchev–Trinajstić information content (AvgIpc) is 3.02. The Hall–Kier alpha value is -2.68. The SMILES string of the molecule is CC(C)(C)C1=CC(=CC=CC2=[N+](CCCS(=O)(=O)[O-])c3ccc([As](=O)(O)O)cc3C2(C)C)Oc2ccccc21. The van der Waals surface area contributed by atoms with E-state index in [0.717, 1.165) is 33.8 Å². The molecule has 0 aromatic heterocycles. The summed E-state index contributed by atoms with van der Waals surface area (Å²) < 4.78 is 73.4. The third-order valence-corrected chi connectivity index (χ3v) is 9.79. The van der Waals surface area contributed by atoms with Crippen molar-refractivity contribution in [2.24, 2.45) is 5.41 Å². The summed E-state index contributed by atoms with van der Waals surface area (Å²) in [6.07, 6.45) is 7.75. The summed E-state index contributed by atoms with van der Waals surface area (Å²) in [5, 5.41) is 0. The number of hydrogen-bond donors (Lipinski definition) is 2. The van der Waals surface area contributed by atoms with Crippen LogP contribution in [0.4, 0.5) is 5.69 Å². The van der Waals surface area contributed by atoms with Crippen LogP contribution in [0, 0.1) is 5.41 Å². The zero-order chi connectivity index (χ0) is 28.8. The van der Waals surface area contributed by atoms with Gasteiger partial charge in [-0.3, -0.25) is 0 Å². The quantitative estimate of drug-likeness (QED) is 0.277. The van der Waals surface area contributed by atoms with E-state index in [9.17, 15) is 24.9 Å². The van der Waals surface area contributed by atoms with Crippen LogP contribution in [0.5, 0.6) is 5.75 Å². The van der Waals surface area contributed by atoms with Gasteiger partial charge >= 0.3 is 194 Å². The zero-order valence-electron chi connectivity index (χ0n) is 22.7. The van der Waals surface area contributed by atoms with Crippen LogP contribution in [0.25, 0.3) is 5.57 Å². The fourth-order valence-corrected chi connectivity index (χ4v) is 6.75. The second-order valence-electron chi connectivity index (χ2n) is 11.4. The first-order valence-electron chi connectivity index (χ1n) is 12.7. The Morgan fingerprint density at radius 2 is 1.82 bits per heavy atom. The second-order valence-corrected chi connectivity index (χ2v) is 16.2. The van der Waals surface area contributed by atoms with Crippen LogP contribution in [-0.2, 0) is 19.3 Å². The molecule has 208 valence electrons. The van der Waals surface area contributed by atoms with E-state index in [-0.39, 0.29) is 22.7 Å². The molecule has 0 spiro atoms. The molecule has 0 saturated heterocycles. The minimum atomic E-state index is -5.14. The van der Waals surface area contributed by atoms with Gasteiger partial charge < -0.3 is 0 Å². The van der Waals surface area contributed by atoms with Crippen LogP contribution in [0.1, 0.15) is 52.2 Å². The van der Waals surface area contributed by atoms with Crippen LogP contribution in [-0.4, -0.2) is 57.9 Å². The Balaban J connectivity index is 1.75. The summed E-state index contributed by atoms with van der Waals surface area (Å²) in [5.41, 5.74) is 3.70. The van der Waals surface area contributed by atoms with Gasteiger partial charge in [0.1, 0.15) is 0 Å². The van der Waals surface area contributed by atoms with Gasteiger partial charge in [0, 0.05) is 0 Å². The second kappa shape index (κ2) is 10.4. The molecule has 0 saturated carbocycles. The third kappa shape index (κ3) is 6.39. The topological polar surface area (TPSA) is 127 Å². The van der Waals surface area contributed by atoms with E-state index in [4.69, 9.17) is 4.74 Å². The fourth-order valence-electron chi connectivity index (χ4n) is 5.08. The summed E-state index contributed by atoms with van der Waals surface area (Å²) in [6.45, 7) is 10.6. The molecule has 0 atom stereocenters. The van der Waals surface area contributed by atoms with Crippen molar-refractivity contribution in [3.8, 4) is 5.75 Å². The van der Waals surface area contributed by atoms with Crippen molar-refractivity contribution in [2.75, 3.05) is 12.3 Å². The van der Waals surface area contributed by atoms with Gasteiger partial charge in [-0.25, -0.2) is 0 Å². The molecule has 0 bridgehead atoms. The van der Waals surface area contributed by atoms with Gasteiger partial charge in [0.05, 0.1) is 0 Å². The predicted molar refractivity (Wildman–Crippen MR) is 151 cm³/mol. The first-order valence-corrected chi connectivity index (χ1v) is 17.6. The molecule has 2 N–H and O–H groups in total. The number of rotatable bonds is 7. The molecule has 2 aromatic carbocycles. The molecule has 0 aliphatic carbocycles. The molecule has 8 nitrogen and oxygen atoms in total. The van der Waals surface area contributed by atoms with Crippen molar-refractivity contribution in [3.63, 3.8) is 0 Å². The van der Waals surface area contributed by atoms with E-state index >= 15 is 0 Å². The molecule has 0 fully saturated rings. The standard InChI is InChI=1S/C29H34AsNO7S/c1-28(2,3)23-19-21(38-26-12-7-6-11-22(23)26)10-8-13-27-29(4,5)24-18-20(30(32,33)34)14-15-25(24)31(27)16-9-17-39(35,36)37/h6-8,10-15,18-19H,9,16-17H2,1-5H3,(H2-,32,33,34,35,36,37). The molecule has 0 radical (unpaired) electrons. The van der Waals surface area contributed by atoms with E-state index in [2.05, 4.69) is 20.8 Å². The molecule has 0 unspecified atom stereocenters. The summed E-state index contributed by atoms with van der Waals surface area (Å²) in [6, 6.07) is 12.5. The summed E-state index contributed by atoms with van der Waals surface area (Å²) in [4.78, 5) is 0. The Morgan fingerprint density at radius 1 is 1.13 bits per heavy atom. The average molecular weight is 616 g/mol. The molecule has 2 heterocycles. The van der Waals surface area contributed by atoms with Crippen LogP contribution >= 0.6 is 0 Å². The molecule has 2 aliphatic heterocycles. The number of allylic oxidation sites excluding steroid dienone is 5. The molecule has 2 aliphatic rings. The minimum Gasteiger partial charge on any atom is -0.0614 e. The first-order chi connectivity index (χ1) is 18.0. The number of para-hydroxylation sites is 1. The number of fused-ring (bicyclic) bond motifs is 2. The maximum atomic E-state index is 12.0. The smallest absolute Gasteiger partial charge is 0.0614 e. The molecular weight excluding hydrogens is 581 g/mol. The van der Waals surface area contributed by atoms with Gasteiger partial charge in [-0.15, -0.1) is 0 Å². The summed E-state index contributed by atoms with van der Waals surface area (Å²) in [7, 11) is -4.38. The third-order valence-electron chi connectivity index (χ3n) is 7.00. The zero-order valence-corrected chi connectivity index (χ0v) is 25.4. The van der Waals surface area contributed by atoms with Crippen molar-refractivity contribution in [1.82, 2.24) is 0 Å². The van der Waals surface area contributed by atoms with E-state index < -0.39 is 35.5 Å². The van der Waals surface area contributed by atoms with Crippen molar-refractivity contribution in [1.29, 1.82) is 0 Å². The van der Waals surface area contributed by atoms with E-state index in [0.29, 0.717) is 5.76 Å². The summed E-state index contributed by atoms with van der Waals surface area (Å²) in [5.74, 6) is 0.939. The fraction of sp³-hybridized carbons (Fsp3) is 0.345. The van der Waals surface area contributed by atoms with Crippen molar-refractivity contribution in [3.05, 3.63) is 83.7 Å². The predicted octanol–water partition coefficient (Wildman–Crippen LogP) is 3.52. The monoisotopic (exact) mass is 615 g/mol. The van der Waals surface area contributed by atoms with Crippen LogP contribution < -0.4 is 9.09 Å². The van der Waals surface area contributed by atoms with Crippen LogP contribution in [0.2, 0.25) is 0 Å². The van der Waals surface area contributed by atoms with Gasteiger partial charge in [0.15, 0.2) is 0 Å². The molecule has 4 rings (SSSR count). The molecule has 0 amide bonds. The first kappa shape index (κ1) is 29.3. The van der Waals surface area contributed by atoms with Gasteiger partial charge in [-0.1, -0.05) is 39.0 Å². The number of hydrogen-bond acceptors (Lipinski definition) is 5. The normalized spacial score (nSPS) is 18.3. The maximum absolute atomic E-state index is 12.0. The van der Waals surface area contributed by atoms with Gasteiger partial charge in [0.2, 0.25) is 0 Å². The number of nitrogens with zero attached hydrogens (tertiary/aromatic N) is 1. The van der Waals surface area contributed by atoms with Gasteiger partial charge in [0.25, 0.3) is 0 Å². The molecule has 2 aromatic rings. The van der Waals surface area contributed by atoms with E-state index in [1.807, 2.05) is 67.0 Å². The Labute approximate surface area is 232 Å². The molecular formula is C29H34AsNO7S. The van der Waals surface area contributed by atoms with E-state index in [1.165, 1.54) is 12.1 Å². The van der Waals surface area contributed by atoms with Crippen molar-refractivity contribution < 1.29 is 34.2 Å². The van der Waals surface area contributed by atoms with E-state index in [1.54, 1.807) is 6.07 Å². The molecule has 10 heteroatoms. The number of ether oxygens (including phenoxy) is 1. The molecule has 39 heavy (non-hydrogen) atoms. The summed E-state index contributed by atoms with van der Waals surface area (Å²) >= 11 is -5.14. The van der Waals surface area contributed by atoms with Gasteiger partial charge in [-0.05, 0) is 0 Å². The van der Waals surface area contributed by atoms with Crippen LogP contribution in [0.15, 0.2) is 72.5 Å². The van der Waals surface area contributed by atoms with Crippen molar-refractivity contribution >= 4 is 45.6 Å². The van der Waals surface area contributed by atoms with Crippen LogP contribution in [0.3, 0.4) is 0 Å². The van der Waals surface area contributed by atoms with Gasteiger partial charge in [-0.2, -0.15) is 0 Å². The number of benzene rings is 2. The Kier molecular flexibility index (Phi) is 7.80. The van der Waals surface area contributed by atoms with Crippen molar-refractivity contribution in [2.45, 2.75) is 46.5 Å². The minimum absolute atomic E-state index is 0.0245. The Morgan fingerprint density at radius 3 is 2.46 bits per heavy atom.